The zero-order chi connectivity index (χ0) is 21.2. The van der Waals surface area contributed by atoms with Crippen LogP contribution in [0.2, 0.25) is 0 Å². The molecular formula is C23H23BrO4S. The number of hydrogen-bond donors (Lipinski definition) is 2. The number of benzene rings is 2. The molecule has 1 unspecified atom stereocenters. The van der Waals surface area contributed by atoms with Gasteiger partial charge in [0.25, 0.3) is 0 Å². The lowest BCUT2D eigenvalue weighted by Crippen LogP contribution is -2.26. The van der Waals surface area contributed by atoms with Crippen LogP contribution in [0.4, 0.5) is 0 Å². The first-order chi connectivity index (χ1) is 13.9. The lowest BCUT2D eigenvalue weighted by Gasteiger charge is -2.15. The normalized spacial score (nSPS) is 12.1. The van der Waals surface area contributed by atoms with Crippen molar-refractivity contribution < 1.29 is 19.7 Å². The van der Waals surface area contributed by atoms with E-state index in [-0.39, 0.29) is 6.61 Å². The number of aliphatic hydroxyl groups is 1. The van der Waals surface area contributed by atoms with Crippen molar-refractivity contribution in [1.29, 1.82) is 0 Å². The Bertz CT molecular complexity index is 926. The largest absolute Gasteiger partial charge is 0.479 e. The molecule has 6 heteroatoms. The van der Waals surface area contributed by atoms with Gasteiger partial charge in [-0.05, 0) is 54.8 Å². The molecular weight excluding hydrogens is 452 g/mol. The average molecular weight is 475 g/mol. The maximum Gasteiger partial charge on any atom is 0.344 e. The number of aryl methyl sites for hydroxylation is 1. The molecule has 0 aliphatic rings. The minimum atomic E-state index is -0.958. The number of ether oxygens (including phenoxy) is 1. The third-order valence-electron chi connectivity index (χ3n) is 4.06. The first-order valence-electron chi connectivity index (χ1n) is 9.13. The Balaban J connectivity index is 2.09. The van der Waals surface area contributed by atoms with Crippen LogP contribution in [0.15, 0.2) is 57.9 Å². The van der Waals surface area contributed by atoms with Gasteiger partial charge in [-0.3, -0.25) is 0 Å². The molecule has 152 valence electrons. The highest BCUT2D eigenvalue weighted by Gasteiger charge is 2.17. The molecule has 1 atom stereocenters. The van der Waals surface area contributed by atoms with Crippen LogP contribution in [-0.4, -0.2) is 34.6 Å². The molecule has 2 rings (SSSR count). The van der Waals surface area contributed by atoms with Gasteiger partial charge in [0.1, 0.15) is 12.4 Å². The van der Waals surface area contributed by atoms with Crippen molar-refractivity contribution in [2.24, 2.45) is 0 Å². The standard InChI is InChI=1S/C23H23BrO4S/c1-3-21(23(26)27)28-22-11-10-20(15-16(22)2)29-14-12-17(5-4-13-25)18-6-8-19(24)9-7-18/h6-12,15,21,25H,3,13-14H2,1-2H3,(H,26,27). The third kappa shape index (κ3) is 7.28. The predicted molar refractivity (Wildman–Crippen MR) is 121 cm³/mol. The Labute approximate surface area is 184 Å². The summed E-state index contributed by atoms with van der Waals surface area (Å²) in [6.07, 6.45) is 1.60. The van der Waals surface area contributed by atoms with Gasteiger partial charge in [0, 0.05) is 20.7 Å². The summed E-state index contributed by atoms with van der Waals surface area (Å²) in [5.41, 5.74) is 2.75. The number of carbonyl (C=O) groups is 1. The van der Waals surface area contributed by atoms with Crippen LogP contribution in [0, 0.1) is 18.8 Å². The number of thioether (sulfide) groups is 1. The molecule has 0 radical (unpaired) electrons. The van der Waals surface area contributed by atoms with Crippen LogP contribution in [0.1, 0.15) is 24.5 Å². The van der Waals surface area contributed by atoms with E-state index < -0.39 is 12.1 Å². The van der Waals surface area contributed by atoms with Gasteiger partial charge >= 0.3 is 5.97 Å². The number of hydrogen-bond acceptors (Lipinski definition) is 4. The number of halogens is 1. The molecule has 0 aliphatic heterocycles. The lowest BCUT2D eigenvalue weighted by molar-refractivity contribution is -0.145. The van der Waals surface area contributed by atoms with E-state index in [1.807, 2.05) is 55.5 Å². The molecule has 2 aromatic carbocycles. The minimum Gasteiger partial charge on any atom is -0.479 e. The Morgan fingerprint density at radius 1 is 1.28 bits per heavy atom. The Hall–Kier alpha value is -2.20. The SMILES string of the molecule is CCC(Oc1ccc(SCC=C(C#CCO)c2ccc(Br)cc2)cc1C)C(=O)O. The topological polar surface area (TPSA) is 66.8 Å². The van der Waals surface area contributed by atoms with Gasteiger partial charge in [0.05, 0.1) is 0 Å². The molecule has 0 bridgehead atoms. The van der Waals surface area contributed by atoms with Crippen molar-refractivity contribution in [3.63, 3.8) is 0 Å². The summed E-state index contributed by atoms with van der Waals surface area (Å²) < 4.78 is 6.60. The van der Waals surface area contributed by atoms with E-state index in [9.17, 15) is 4.79 Å². The number of carboxylic acid groups (broad SMARTS) is 1. The van der Waals surface area contributed by atoms with Gasteiger partial charge in [0.2, 0.25) is 0 Å². The van der Waals surface area contributed by atoms with Crippen molar-refractivity contribution in [3.8, 4) is 17.6 Å². The Morgan fingerprint density at radius 3 is 2.59 bits per heavy atom. The monoisotopic (exact) mass is 474 g/mol. The third-order valence-corrected chi connectivity index (χ3v) is 5.51. The van der Waals surface area contributed by atoms with Crippen LogP contribution in [0.5, 0.6) is 5.75 Å². The van der Waals surface area contributed by atoms with Gasteiger partial charge in [-0.15, -0.1) is 11.8 Å². The van der Waals surface area contributed by atoms with E-state index in [0.717, 1.165) is 26.1 Å². The van der Waals surface area contributed by atoms with Crippen molar-refractivity contribution in [2.45, 2.75) is 31.3 Å². The number of rotatable bonds is 8. The molecule has 0 fully saturated rings. The Kier molecular flexibility index (Phi) is 9.33. The van der Waals surface area contributed by atoms with Crippen LogP contribution < -0.4 is 4.74 Å². The summed E-state index contributed by atoms with van der Waals surface area (Å²) in [6, 6.07) is 13.6. The summed E-state index contributed by atoms with van der Waals surface area (Å²) >= 11 is 5.07. The summed E-state index contributed by atoms with van der Waals surface area (Å²) in [5, 5.41) is 18.2. The van der Waals surface area contributed by atoms with Crippen LogP contribution in [0.3, 0.4) is 0 Å². The van der Waals surface area contributed by atoms with Gasteiger partial charge < -0.3 is 14.9 Å². The molecule has 0 aromatic heterocycles. The molecule has 0 saturated heterocycles. The molecule has 4 nitrogen and oxygen atoms in total. The summed E-state index contributed by atoms with van der Waals surface area (Å²) in [5.74, 6) is 6.05. The first kappa shape index (κ1) is 23.1. The second kappa shape index (κ2) is 11.7. The van der Waals surface area contributed by atoms with E-state index in [2.05, 4.69) is 27.8 Å². The number of aliphatic carboxylic acids is 1. The molecule has 2 aromatic rings. The van der Waals surface area contributed by atoms with Gasteiger partial charge in [-0.1, -0.05) is 52.9 Å². The van der Waals surface area contributed by atoms with Crippen LogP contribution >= 0.6 is 27.7 Å². The lowest BCUT2D eigenvalue weighted by atomic mass is 10.1. The van der Waals surface area contributed by atoms with E-state index in [0.29, 0.717) is 17.9 Å². The second-order valence-corrected chi connectivity index (χ2v) is 8.18. The molecule has 0 heterocycles. The Morgan fingerprint density at radius 2 is 2.00 bits per heavy atom. The fourth-order valence-corrected chi connectivity index (χ4v) is 3.66. The van der Waals surface area contributed by atoms with Gasteiger partial charge in [-0.2, -0.15) is 0 Å². The fourth-order valence-electron chi connectivity index (χ4n) is 2.53. The maximum absolute atomic E-state index is 11.2. The van der Waals surface area contributed by atoms with Crippen molar-refractivity contribution in [3.05, 3.63) is 64.1 Å². The summed E-state index contributed by atoms with van der Waals surface area (Å²) in [7, 11) is 0. The van der Waals surface area contributed by atoms with Crippen molar-refractivity contribution in [1.82, 2.24) is 0 Å². The highest BCUT2D eigenvalue weighted by Crippen LogP contribution is 2.27. The van der Waals surface area contributed by atoms with Crippen LogP contribution in [0.25, 0.3) is 5.57 Å². The first-order valence-corrected chi connectivity index (χ1v) is 10.9. The van der Waals surface area contributed by atoms with E-state index >= 15 is 0 Å². The molecule has 0 amide bonds. The maximum atomic E-state index is 11.2. The molecule has 2 N–H and O–H groups in total. The van der Waals surface area contributed by atoms with Crippen molar-refractivity contribution in [2.75, 3.05) is 12.4 Å². The summed E-state index contributed by atoms with van der Waals surface area (Å²) in [6.45, 7) is 3.51. The number of carboxylic acids is 1. The molecule has 0 spiro atoms. The smallest absolute Gasteiger partial charge is 0.344 e. The molecule has 0 saturated carbocycles. The second-order valence-electron chi connectivity index (χ2n) is 6.18. The van der Waals surface area contributed by atoms with E-state index in [1.165, 1.54) is 0 Å². The summed E-state index contributed by atoms with van der Waals surface area (Å²) in [4.78, 5) is 12.2. The minimum absolute atomic E-state index is 0.184. The van der Waals surface area contributed by atoms with E-state index in [1.54, 1.807) is 18.7 Å². The van der Waals surface area contributed by atoms with E-state index in [4.69, 9.17) is 14.9 Å². The fraction of sp³-hybridized carbons (Fsp3) is 0.261. The highest BCUT2D eigenvalue weighted by atomic mass is 79.9. The number of aliphatic hydroxyl groups excluding tert-OH is 1. The van der Waals surface area contributed by atoms with Gasteiger partial charge in [0.15, 0.2) is 6.10 Å². The number of allylic oxidation sites excluding steroid dienone is 1. The predicted octanol–water partition coefficient (Wildman–Crippen LogP) is 5.17. The quantitative estimate of drug-likeness (QED) is 0.407. The average Bonchev–Trinajstić information content (AvgIpc) is 2.70. The highest BCUT2D eigenvalue weighted by molar-refractivity contribution is 9.10. The zero-order valence-corrected chi connectivity index (χ0v) is 18.7. The van der Waals surface area contributed by atoms with Gasteiger partial charge in [-0.25, -0.2) is 4.79 Å². The zero-order valence-electron chi connectivity index (χ0n) is 16.3. The molecule has 29 heavy (non-hydrogen) atoms. The molecule has 0 aliphatic carbocycles. The van der Waals surface area contributed by atoms with Crippen molar-refractivity contribution >= 4 is 39.2 Å². The van der Waals surface area contributed by atoms with Crippen LogP contribution in [-0.2, 0) is 4.79 Å².